The number of benzene rings is 1. The highest BCUT2D eigenvalue weighted by Gasteiger charge is 2.29. The molecule has 4 nitrogen and oxygen atoms in total. The third-order valence-corrected chi connectivity index (χ3v) is 3.90. The lowest BCUT2D eigenvalue weighted by Crippen LogP contribution is -2.43. The maximum absolute atomic E-state index is 11.8. The number of methoxy groups -OCH3 is 1. The zero-order valence-electron chi connectivity index (χ0n) is 12.5. The topological polar surface area (TPSA) is 58.6 Å². The maximum Gasteiger partial charge on any atom is 0.244 e. The van der Waals surface area contributed by atoms with E-state index in [1.165, 1.54) is 12.5 Å². The molecule has 0 radical (unpaired) electrons. The largest absolute Gasteiger partial charge is 0.497 e. The molecular formula is C17H23NO3. The van der Waals surface area contributed by atoms with E-state index in [9.17, 15) is 9.90 Å². The molecule has 114 valence electrons. The summed E-state index contributed by atoms with van der Waals surface area (Å²) in [6.45, 7) is 0.328. The summed E-state index contributed by atoms with van der Waals surface area (Å²) in [5.74, 6) is 0.575. The van der Waals surface area contributed by atoms with Gasteiger partial charge in [0.25, 0.3) is 0 Å². The van der Waals surface area contributed by atoms with Crippen molar-refractivity contribution in [2.75, 3.05) is 13.7 Å². The van der Waals surface area contributed by atoms with Gasteiger partial charge in [0.05, 0.1) is 12.7 Å². The molecule has 0 saturated heterocycles. The van der Waals surface area contributed by atoms with E-state index >= 15 is 0 Å². The molecule has 4 heteroatoms. The third kappa shape index (κ3) is 4.90. The first kappa shape index (κ1) is 15.6. The Morgan fingerprint density at radius 3 is 2.86 bits per heavy atom. The molecule has 0 spiro atoms. The van der Waals surface area contributed by atoms with Gasteiger partial charge in [0.15, 0.2) is 0 Å². The Balaban J connectivity index is 1.84. The zero-order valence-corrected chi connectivity index (χ0v) is 12.5. The van der Waals surface area contributed by atoms with E-state index in [4.69, 9.17) is 4.74 Å². The molecule has 1 fully saturated rings. The van der Waals surface area contributed by atoms with Crippen molar-refractivity contribution >= 4 is 12.0 Å². The van der Waals surface area contributed by atoms with Crippen LogP contribution in [0.3, 0.4) is 0 Å². The quantitative estimate of drug-likeness (QED) is 0.819. The van der Waals surface area contributed by atoms with Crippen LogP contribution in [0.2, 0.25) is 0 Å². The fraction of sp³-hybridized carbons (Fsp3) is 0.471. The summed E-state index contributed by atoms with van der Waals surface area (Å²) in [5.41, 5.74) is 0.179. The van der Waals surface area contributed by atoms with Crippen LogP contribution in [0.15, 0.2) is 30.3 Å². The standard InChI is InChI=1S/C17H23NO3/c1-21-15-7-5-6-14(12-15)8-9-16(19)18-13-17(20)10-3-2-4-11-17/h5-9,12,20H,2-4,10-11,13H2,1H3,(H,18,19). The van der Waals surface area contributed by atoms with Crippen molar-refractivity contribution in [3.8, 4) is 5.75 Å². The fourth-order valence-corrected chi connectivity index (χ4v) is 2.61. The second-order valence-corrected chi connectivity index (χ2v) is 5.61. The molecule has 0 bridgehead atoms. The van der Waals surface area contributed by atoms with Gasteiger partial charge in [-0.1, -0.05) is 31.4 Å². The monoisotopic (exact) mass is 289 g/mol. The van der Waals surface area contributed by atoms with E-state index in [1.54, 1.807) is 13.2 Å². The van der Waals surface area contributed by atoms with E-state index in [0.717, 1.165) is 37.0 Å². The number of ether oxygens (including phenoxy) is 1. The number of carbonyl (C=O) groups is 1. The molecule has 2 rings (SSSR count). The summed E-state index contributed by atoms with van der Waals surface area (Å²) >= 11 is 0. The molecule has 1 aliphatic carbocycles. The second kappa shape index (κ2) is 7.27. The highest BCUT2D eigenvalue weighted by molar-refractivity contribution is 5.91. The summed E-state index contributed by atoms with van der Waals surface area (Å²) in [6, 6.07) is 7.50. The summed E-state index contributed by atoms with van der Waals surface area (Å²) in [7, 11) is 1.61. The van der Waals surface area contributed by atoms with E-state index in [-0.39, 0.29) is 5.91 Å². The minimum absolute atomic E-state index is 0.184. The number of hydrogen-bond donors (Lipinski definition) is 2. The van der Waals surface area contributed by atoms with Crippen LogP contribution in [0.1, 0.15) is 37.7 Å². The van der Waals surface area contributed by atoms with Crippen LogP contribution in [0.4, 0.5) is 0 Å². The number of carbonyl (C=O) groups excluding carboxylic acids is 1. The first-order chi connectivity index (χ1) is 10.1. The molecule has 0 unspecified atom stereocenters. The van der Waals surface area contributed by atoms with Gasteiger partial charge in [0, 0.05) is 12.6 Å². The number of amides is 1. The van der Waals surface area contributed by atoms with E-state index in [0.29, 0.717) is 6.54 Å². The summed E-state index contributed by atoms with van der Waals surface area (Å²) in [4.78, 5) is 11.8. The molecule has 0 heterocycles. The SMILES string of the molecule is COc1cccc(C=CC(=O)NCC2(O)CCCCC2)c1. The highest BCUT2D eigenvalue weighted by Crippen LogP contribution is 2.27. The minimum atomic E-state index is -0.724. The smallest absolute Gasteiger partial charge is 0.244 e. The van der Waals surface area contributed by atoms with Crippen molar-refractivity contribution in [1.29, 1.82) is 0 Å². The Hall–Kier alpha value is -1.81. The minimum Gasteiger partial charge on any atom is -0.497 e. The summed E-state index contributed by atoms with van der Waals surface area (Å²) in [6.07, 6.45) is 8.01. The molecular weight excluding hydrogens is 266 g/mol. The number of rotatable bonds is 5. The molecule has 0 atom stereocenters. The Labute approximate surface area is 125 Å². The first-order valence-electron chi connectivity index (χ1n) is 7.44. The number of hydrogen-bond acceptors (Lipinski definition) is 3. The van der Waals surface area contributed by atoms with Gasteiger partial charge in [0.1, 0.15) is 5.75 Å². The second-order valence-electron chi connectivity index (χ2n) is 5.61. The van der Waals surface area contributed by atoms with Crippen LogP contribution >= 0.6 is 0 Å². The highest BCUT2D eigenvalue weighted by atomic mass is 16.5. The maximum atomic E-state index is 11.8. The van der Waals surface area contributed by atoms with Crippen LogP contribution in [-0.4, -0.2) is 30.3 Å². The molecule has 21 heavy (non-hydrogen) atoms. The van der Waals surface area contributed by atoms with Crippen molar-refractivity contribution in [2.45, 2.75) is 37.7 Å². The Bertz CT molecular complexity index is 505. The van der Waals surface area contributed by atoms with E-state index in [1.807, 2.05) is 24.3 Å². The van der Waals surface area contributed by atoms with Crippen molar-refractivity contribution in [2.24, 2.45) is 0 Å². The molecule has 1 aromatic carbocycles. The Morgan fingerprint density at radius 1 is 1.38 bits per heavy atom. The van der Waals surface area contributed by atoms with Crippen molar-refractivity contribution < 1.29 is 14.6 Å². The van der Waals surface area contributed by atoms with Gasteiger partial charge in [0.2, 0.25) is 5.91 Å². The van der Waals surface area contributed by atoms with Gasteiger partial charge < -0.3 is 15.2 Å². The van der Waals surface area contributed by atoms with Crippen LogP contribution < -0.4 is 10.1 Å². The first-order valence-corrected chi connectivity index (χ1v) is 7.44. The van der Waals surface area contributed by atoms with Crippen molar-refractivity contribution in [1.82, 2.24) is 5.32 Å². The predicted molar refractivity (Wildman–Crippen MR) is 83.1 cm³/mol. The van der Waals surface area contributed by atoms with Gasteiger partial charge in [-0.25, -0.2) is 0 Å². The molecule has 1 amide bonds. The Kier molecular flexibility index (Phi) is 5.39. The number of nitrogens with one attached hydrogen (secondary N) is 1. The lowest BCUT2D eigenvalue weighted by atomic mass is 9.85. The zero-order chi connectivity index (χ0) is 15.1. The van der Waals surface area contributed by atoms with Gasteiger partial charge in [-0.15, -0.1) is 0 Å². The van der Waals surface area contributed by atoms with Gasteiger partial charge >= 0.3 is 0 Å². The van der Waals surface area contributed by atoms with Crippen LogP contribution in [0.5, 0.6) is 5.75 Å². The molecule has 1 aliphatic rings. The average Bonchev–Trinajstić information content (AvgIpc) is 2.52. The molecule has 1 saturated carbocycles. The van der Waals surface area contributed by atoms with E-state index in [2.05, 4.69) is 5.32 Å². The lowest BCUT2D eigenvalue weighted by Gasteiger charge is -2.31. The molecule has 0 aliphatic heterocycles. The molecule has 1 aromatic rings. The fourth-order valence-electron chi connectivity index (χ4n) is 2.61. The third-order valence-electron chi connectivity index (χ3n) is 3.90. The van der Waals surface area contributed by atoms with Crippen LogP contribution in [0.25, 0.3) is 6.08 Å². The normalized spacial score (nSPS) is 17.6. The van der Waals surface area contributed by atoms with Gasteiger partial charge in [-0.2, -0.15) is 0 Å². The summed E-state index contributed by atoms with van der Waals surface area (Å²) < 4.78 is 5.13. The lowest BCUT2D eigenvalue weighted by molar-refractivity contribution is -0.118. The molecule has 0 aromatic heterocycles. The van der Waals surface area contributed by atoms with Crippen LogP contribution in [0, 0.1) is 0 Å². The predicted octanol–water partition coefficient (Wildman–Crippen LogP) is 2.52. The van der Waals surface area contributed by atoms with Crippen molar-refractivity contribution in [3.63, 3.8) is 0 Å². The Morgan fingerprint density at radius 2 is 2.14 bits per heavy atom. The molecule has 2 N–H and O–H groups in total. The van der Waals surface area contributed by atoms with Crippen molar-refractivity contribution in [3.05, 3.63) is 35.9 Å². The van der Waals surface area contributed by atoms with Crippen LogP contribution in [-0.2, 0) is 4.79 Å². The summed E-state index contributed by atoms with van der Waals surface area (Å²) in [5, 5.41) is 13.1. The van der Waals surface area contributed by atoms with E-state index < -0.39 is 5.60 Å². The van der Waals surface area contributed by atoms with Gasteiger partial charge in [-0.3, -0.25) is 4.79 Å². The van der Waals surface area contributed by atoms with Gasteiger partial charge in [-0.05, 0) is 36.6 Å². The number of aliphatic hydroxyl groups is 1. The average molecular weight is 289 g/mol.